The lowest BCUT2D eigenvalue weighted by molar-refractivity contribution is 0.0982. The van der Waals surface area contributed by atoms with Gasteiger partial charge in [0.1, 0.15) is 18.5 Å². The standard InChI is InChI=1S/C16H27NO2/c1-6-16(4,5)17-10-14(18)11-19-15-9-7-8-12(2)13(15)3/h7-9,14,17-18H,6,10-11H2,1-5H3. The van der Waals surface area contributed by atoms with E-state index in [0.29, 0.717) is 13.2 Å². The first-order valence-electron chi connectivity index (χ1n) is 6.98. The number of aliphatic hydroxyl groups excluding tert-OH is 1. The van der Waals surface area contributed by atoms with Crippen molar-refractivity contribution in [2.24, 2.45) is 0 Å². The minimum absolute atomic E-state index is 0.0558. The zero-order valence-corrected chi connectivity index (χ0v) is 12.8. The zero-order valence-electron chi connectivity index (χ0n) is 12.8. The molecule has 3 heteroatoms. The lowest BCUT2D eigenvalue weighted by atomic mass is 10.0. The van der Waals surface area contributed by atoms with Crippen molar-refractivity contribution in [1.82, 2.24) is 5.32 Å². The molecule has 2 N–H and O–H groups in total. The molecule has 0 aliphatic rings. The van der Waals surface area contributed by atoms with Crippen molar-refractivity contribution in [1.29, 1.82) is 0 Å². The van der Waals surface area contributed by atoms with E-state index in [9.17, 15) is 5.11 Å². The summed E-state index contributed by atoms with van der Waals surface area (Å²) in [6.45, 7) is 11.4. The van der Waals surface area contributed by atoms with E-state index in [-0.39, 0.29) is 5.54 Å². The van der Waals surface area contributed by atoms with Crippen molar-refractivity contribution in [3.05, 3.63) is 29.3 Å². The smallest absolute Gasteiger partial charge is 0.122 e. The van der Waals surface area contributed by atoms with Gasteiger partial charge in [-0.3, -0.25) is 0 Å². The molecule has 0 bridgehead atoms. The number of benzene rings is 1. The number of aliphatic hydroxyl groups is 1. The van der Waals surface area contributed by atoms with E-state index in [1.54, 1.807) is 0 Å². The fraction of sp³-hybridized carbons (Fsp3) is 0.625. The summed E-state index contributed by atoms with van der Waals surface area (Å²) in [6, 6.07) is 5.98. The van der Waals surface area contributed by atoms with Crippen LogP contribution in [0.4, 0.5) is 0 Å². The van der Waals surface area contributed by atoms with E-state index >= 15 is 0 Å². The first-order valence-corrected chi connectivity index (χ1v) is 6.98. The van der Waals surface area contributed by atoms with E-state index in [4.69, 9.17) is 4.74 Å². The summed E-state index contributed by atoms with van der Waals surface area (Å²) in [5, 5.41) is 13.3. The molecule has 1 unspecified atom stereocenters. The van der Waals surface area contributed by atoms with E-state index in [2.05, 4.69) is 39.1 Å². The Kier molecular flexibility index (Phi) is 5.83. The van der Waals surface area contributed by atoms with Gasteiger partial charge in [-0.1, -0.05) is 19.1 Å². The van der Waals surface area contributed by atoms with Crippen LogP contribution in [0.25, 0.3) is 0 Å². The van der Waals surface area contributed by atoms with Gasteiger partial charge in [0.05, 0.1) is 0 Å². The second-order valence-corrected chi connectivity index (χ2v) is 5.78. The van der Waals surface area contributed by atoms with Crippen molar-refractivity contribution in [2.75, 3.05) is 13.2 Å². The van der Waals surface area contributed by atoms with Gasteiger partial charge in [0.15, 0.2) is 0 Å². The highest BCUT2D eigenvalue weighted by Gasteiger charge is 2.16. The van der Waals surface area contributed by atoms with Crippen molar-refractivity contribution in [2.45, 2.75) is 52.7 Å². The average molecular weight is 265 g/mol. The summed E-state index contributed by atoms with van der Waals surface area (Å²) in [7, 11) is 0. The third-order valence-corrected chi connectivity index (χ3v) is 3.69. The van der Waals surface area contributed by atoms with Crippen molar-refractivity contribution in [3.8, 4) is 5.75 Å². The maximum absolute atomic E-state index is 9.94. The van der Waals surface area contributed by atoms with Crippen LogP contribution >= 0.6 is 0 Å². The first-order chi connectivity index (χ1) is 8.85. The summed E-state index contributed by atoms with van der Waals surface area (Å²) >= 11 is 0. The predicted molar refractivity (Wildman–Crippen MR) is 79.8 cm³/mol. The Hall–Kier alpha value is -1.06. The van der Waals surface area contributed by atoms with Crippen LogP contribution in [0.3, 0.4) is 0 Å². The molecule has 0 saturated carbocycles. The molecule has 0 aliphatic carbocycles. The van der Waals surface area contributed by atoms with Gasteiger partial charge in [-0.05, 0) is 51.3 Å². The molecule has 1 rings (SSSR count). The van der Waals surface area contributed by atoms with Gasteiger partial charge in [-0.2, -0.15) is 0 Å². The molecule has 0 aliphatic heterocycles. The minimum atomic E-state index is -0.495. The SMILES string of the molecule is CCC(C)(C)NCC(O)COc1cccc(C)c1C. The predicted octanol–water partition coefficient (Wildman–Crippen LogP) is 2.82. The van der Waals surface area contributed by atoms with Crippen LogP contribution in [0, 0.1) is 13.8 Å². The molecule has 0 fully saturated rings. The molecule has 0 heterocycles. The van der Waals surface area contributed by atoms with E-state index in [1.807, 2.05) is 19.1 Å². The lowest BCUT2D eigenvalue weighted by Gasteiger charge is -2.26. The zero-order chi connectivity index (χ0) is 14.5. The Morgan fingerprint density at radius 1 is 1.32 bits per heavy atom. The fourth-order valence-corrected chi connectivity index (χ4v) is 1.64. The molecule has 0 amide bonds. The maximum atomic E-state index is 9.94. The van der Waals surface area contributed by atoms with Crippen molar-refractivity contribution >= 4 is 0 Å². The van der Waals surface area contributed by atoms with Crippen LogP contribution in [0.15, 0.2) is 18.2 Å². The lowest BCUT2D eigenvalue weighted by Crippen LogP contribution is -2.44. The van der Waals surface area contributed by atoms with E-state index < -0.39 is 6.10 Å². The van der Waals surface area contributed by atoms with Crippen LogP contribution in [-0.2, 0) is 0 Å². The van der Waals surface area contributed by atoms with E-state index in [1.165, 1.54) is 5.56 Å². The fourth-order valence-electron chi connectivity index (χ4n) is 1.64. The van der Waals surface area contributed by atoms with Crippen molar-refractivity contribution < 1.29 is 9.84 Å². The van der Waals surface area contributed by atoms with Gasteiger partial charge in [0.25, 0.3) is 0 Å². The second kappa shape index (κ2) is 6.92. The molecule has 1 aromatic rings. The molecule has 108 valence electrons. The molecule has 19 heavy (non-hydrogen) atoms. The number of nitrogens with one attached hydrogen (secondary N) is 1. The molecular weight excluding hydrogens is 238 g/mol. The topological polar surface area (TPSA) is 41.5 Å². The molecule has 0 aromatic heterocycles. The number of ether oxygens (including phenoxy) is 1. The van der Waals surface area contributed by atoms with Gasteiger partial charge in [0, 0.05) is 12.1 Å². The third-order valence-electron chi connectivity index (χ3n) is 3.69. The van der Waals surface area contributed by atoms with Crippen LogP contribution in [-0.4, -0.2) is 29.9 Å². The van der Waals surface area contributed by atoms with Gasteiger partial charge < -0.3 is 15.2 Å². The summed E-state index contributed by atoms with van der Waals surface area (Å²) in [5.41, 5.74) is 2.40. The average Bonchev–Trinajstić information content (AvgIpc) is 2.38. The summed E-state index contributed by atoms with van der Waals surface area (Å²) in [6.07, 6.45) is 0.531. The van der Waals surface area contributed by atoms with Gasteiger partial charge in [0.2, 0.25) is 0 Å². The monoisotopic (exact) mass is 265 g/mol. The Balaban J connectivity index is 2.42. The molecule has 1 atom stereocenters. The molecular formula is C16H27NO2. The number of hydrogen-bond acceptors (Lipinski definition) is 3. The Morgan fingerprint density at radius 2 is 2.00 bits per heavy atom. The second-order valence-electron chi connectivity index (χ2n) is 5.78. The Bertz CT molecular complexity index is 402. The Labute approximate surface area is 117 Å². The molecule has 0 spiro atoms. The number of rotatable bonds is 7. The van der Waals surface area contributed by atoms with Crippen LogP contribution in [0.5, 0.6) is 5.75 Å². The highest BCUT2D eigenvalue weighted by molar-refractivity contribution is 5.38. The molecule has 3 nitrogen and oxygen atoms in total. The van der Waals surface area contributed by atoms with Gasteiger partial charge in [-0.25, -0.2) is 0 Å². The summed E-state index contributed by atoms with van der Waals surface area (Å²) < 4.78 is 5.69. The first kappa shape index (κ1) is 16.0. The normalized spacial score (nSPS) is 13.4. The quantitative estimate of drug-likeness (QED) is 0.796. The van der Waals surface area contributed by atoms with Crippen molar-refractivity contribution in [3.63, 3.8) is 0 Å². The largest absolute Gasteiger partial charge is 0.491 e. The molecule has 0 saturated heterocycles. The number of aryl methyl sites for hydroxylation is 1. The number of β-amino-alcohol motifs (C(OH)–C–C–N with tert-alkyl or cyclic N) is 1. The maximum Gasteiger partial charge on any atom is 0.122 e. The van der Waals surface area contributed by atoms with Crippen LogP contribution in [0.2, 0.25) is 0 Å². The summed E-state index contributed by atoms with van der Waals surface area (Å²) in [5.74, 6) is 0.855. The van der Waals surface area contributed by atoms with Crippen LogP contribution in [0.1, 0.15) is 38.3 Å². The van der Waals surface area contributed by atoms with Crippen LogP contribution < -0.4 is 10.1 Å². The van der Waals surface area contributed by atoms with Gasteiger partial charge >= 0.3 is 0 Å². The highest BCUT2D eigenvalue weighted by atomic mass is 16.5. The van der Waals surface area contributed by atoms with E-state index in [0.717, 1.165) is 17.7 Å². The third kappa shape index (κ3) is 5.21. The molecule has 0 radical (unpaired) electrons. The molecule has 1 aromatic carbocycles. The summed E-state index contributed by atoms with van der Waals surface area (Å²) in [4.78, 5) is 0. The Morgan fingerprint density at radius 3 is 2.63 bits per heavy atom. The number of hydrogen-bond donors (Lipinski definition) is 2. The van der Waals surface area contributed by atoms with Gasteiger partial charge in [-0.15, -0.1) is 0 Å². The highest BCUT2D eigenvalue weighted by Crippen LogP contribution is 2.20. The minimum Gasteiger partial charge on any atom is -0.491 e.